The van der Waals surface area contributed by atoms with Crippen LogP contribution in [0.4, 0.5) is 0 Å². The van der Waals surface area contributed by atoms with E-state index in [0.717, 1.165) is 39.1 Å². The fourth-order valence-corrected chi connectivity index (χ4v) is 6.01. The van der Waals surface area contributed by atoms with Gasteiger partial charge in [0, 0.05) is 35.6 Å². The summed E-state index contributed by atoms with van der Waals surface area (Å²) in [6, 6.07) is 34.9. The van der Waals surface area contributed by atoms with Crippen LogP contribution in [-0.2, 0) is 27.4 Å². The molecule has 0 aromatic heterocycles. The quantitative estimate of drug-likeness (QED) is 0.217. The molecule has 0 aliphatic carbocycles. The SMILES string of the molecule is CC(=O)NCc1cccc(-c2ccc([C@H]3O[C@@H](CSc4ccccc4)[C@@H](C)[C@@H](c4ccc(CO)cc4)O3)cc2)c1. The molecule has 1 aliphatic heterocycles. The van der Waals surface area contributed by atoms with E-state index in [1.54, 1.807) is 11.8 Å². The maximum Gasteiger partial charge on any atom is 0.217 e. The fraction of sp³-hybridized carbons (Fsp3) is 0.265. The lowest BCUT2D eigenvalue weighted by atomic mass is 9.91. The smallest absolute Gasteiger partial charge is 0.217 e. The Morgan fingerprint density at radius 2 is 1.55 bits per heavy atom. The molecule has 0 bridgehead atoms. The zero-order chi connectivity index (χ0) is 27.9. The number of aliphatic hydroxyl groups is 1. The average Bonchev–Trinajstić information content (AvgIpc) is 3.00. The minimum absolute atomic E-state index is 0.0170. The second-order valence-corrected chi connectivity index (χ2v) is 11.3. The van der Waals surface area contributed by atoms with Crippen LogP contribution in [0.25, 0.3) is 11.1 Å². The Morgan fingerprint density at radius 3 is 2.25 bits per heavy atom. The molecule has 0 spiro atoms. The summed E-state index contributed by atoms with van der Waals surface area (Å²) in [6.45, 7) is 4.24. The summed E-state index contributed by atoms with van der Waals surface area (Å²) < 4.78 is 13.2. The van der Waals surface area contributed by atoms with E-state index in [1.165, 1.54) is 11.8 Å². The third kappa shape index (κ3) is 7.01. The molecule has 4 atom stereocenters. The molecule has 1 saturated heterocycles. The molecule has 206 valence electrons. The monoisotopic (exact) mass is 553 g/mol. The Morgan fingerprint density at radius 1 is 0.825 bits per heavy atom. The van der Waals surface area contributed by atoms with Gasteiger partial charge in [-0.25, -0.2) is 0 Å². The van der Waals surface area contributed by atoms with Gasteiger partial charge in [0.05, 0.1) is 18.8 Å². The first-order valence-electron chi connectivity index (χ1n) is 13.6. The van der Waals surface area contributed by atoms with Gasteiger partial charge in [-0.1, -0.05) is 91.9 Å². The maximum absolute atomic E-state index is 11.3. The number of amides is 1. The van der Waals surface area contributed by atoms with E-state index < -0.39 is 6.29 Å². The zero-order valence-electron chi connectivity index (χ0n) is 22.8. The number of carbonyl (C=O) groups excluding carboxylic acids is 1. The predicted molar refractivity (Wildman–Crippen MR) is 160 cm³/mol. The number of hydrogen-bond donors (Lipinski definition) is 2. The van der Waals surface area contributed by atoms with Crippen molar-refractivity contribution in [1.29, 1.82) is 0 Å². The zero-order valence-corrected chi connectivity index (χ0v) is 23.6. The summed E-state index contributed by atoms with van der Waals surface area (Å²) >= 11 is 1.80. The second kappa shape index (κ2) is 13.3. The van der Waals surface area contributed by atoms with E-state index in [1.807, 2.05) is 42.5 Å². The fourth-order valence-electron chi connectivity index (χ4n) is 4.93. The number of ether oxygens (including phenoxy) is 2. The molecular weight excluding hydrogens is 518 g/mol. The van der Waals surface area contributed by atoms with Crippen molar-refractivity contribution in [2.45, 2.75) is 50.4 Å². The van der Waals surface area contributed by atoms with Crippen LogP contribution in [0.1, 0.15) is 48.5 Å². The van der Waals surface area contributed by atoms with Crippen LogP contribution >= 0.6 is 11.8 Å². The van der Waals surface area contributed by atoms with Crippen LogP contribution < -0.4 is 5.32 Å². The summed E-state index contributed by atoms with van der Waals surface area (Å²) in [5.74, 6) is 0.910. The summed E-state index contributed by atoms with van der Waals surface area (Å²) in [4.78, 5) is 12.5. The summed E-state index contributed by atoms with van der Waals surface area (Å²) in [6.07, 6.45) is -0.658. The van der Waals surface area contributed by atoms with Crippen molar-refractivity contribution in [3.8, 4) is 11.1 Å². The minimum Gasteiger partial charge on any atom is -0.392 e. The molecule has 5 nitrogen and oxygen atoms in total. The van der Waals surface area contributed by atoms with E-state index >= 15 is 0 Å². The Balaban J connectivity index is 1.36. The molecule has 4 aromatic rings. The molecule has 0 saturated carbocycles. The van der Waals surface area contributed by atoms with Gasteiger partial charge in [0.25, 0.3) is 0 Å². The molecule has 1 amide bonds. The first-order valence-corrected chi connectivity index (χ1v) is 14.6. The number of benzene rings is 4. The highest BCUT2D eigenvalue weighted by Gasteiger charge is 2.38. The van der Waals surface area contributed by atoms with Crippen molar-refractivity contribution in [2.75, 3.05) is 5.75 Å². The normalized spacial score (nSPS) is 20.7. The molecular formula is C34H35NO4S. The van der Waals surface area contributed by atoms with Crippen LogP contribution in [0.2, 0.25) is 0 Å². The van der Waals surface area contributed by atoms with Crippen molar-refractivity contribution in [3.63, 3.8) is 0 Å². The van der Waals surface area contributed by atoms with E-state index in [0.29, 0.717) is 6.54 Å². The number of aliphatic hydroxyl groups excluding tert-OH is 1. The molecule has 4 aromatic carbocycles. The van der Waals surface area contributed by atoms with Gasteiger partial charge in [-0.05, 0) is 46.0 Å². The second-order valence-electron chi connectivity index (χ2n) is 10.2. The summed E-state index contributed by atoms with van der Waals surface area (Å²) in [7, 11) is 0. The standard InChI is InChI=1S/C34H35NO4S/c1-23-32(22-40-31-9-4-3-5-10-31)38-34(39-33(23)28-13-11-25(21-36)12-14-28)29-17-15-27(16-18-29)30-8-6-7-26(19-30)20-35-24(2)37/h3-19,23,32-34,36H,20-22H2,1-2H3,(H,35,37)/t23-,32+,33+,34+/m1/s1. The Bertz CT molecular complexity index is 1390. The van der Waals surface area contributed by atoms with Crippen molar-refractivity contribution >= 4 is 17.7 Å². The van der Waals surface area contributed by atoms with E-state index in [2.05, 4.69) is 72.9 Å². The van der Waals surface area contributed by atoms with Gasteiger partial charge < -0.3 is 19.9 Å². The Labute approximate surface area is 240 Å². The highest BCUT2D eigenvalue weighted by atomic mass is 32.2. The van der Waals surface area contributed by atoms with Crippen LogP contribution in [0.15, 0.2) is 108 Å². The molecule has 6 heteroatoms. The largest absolute Gasteiger partial charge is 0.392 e. The topological polar surface area (TPSA) is 67.8 Å². The predicted octanol–water partition coefficient (Wildman–Crippen LogP) is 7.07. The van der Waals surface area contributed by atoms with E-state index in [9.17, 15) is 9.90 Å². The van der Waals surface area contributed by atoms with Gasteiger partial charge in [-0.3, -0.25) is 4.79 Å². The van der Waals surface area contributed by atoms with Crippen LogP contribution in [0, 0.1) is 5.92 Å². The first kappa shape index (κ1) is 28.1. The number of rotatable bonds is 9. The molecule has 5 rings (SSSR count). The highest BCUT2D eigenvalue weighted by molar-refractivity contribution is 7.99. The highest BCUT2D eigenvalue weighted by Crippen LogP contribution is 2.43. The third-order valence-electron chi connectivity index (χ3n) is 7.27. The Hall–Kier alpha value is -3.42. The maximum atomic E-state index is 11.3. The van der Waals surface area contributed by atoms with Gasteiger partial charge >= 0.3 is 0 Å². The molecule has 0 radical (unpaired) electrons. The van der Waals surface area contributed by atoms with Gasteiger partial charge in [0.15, 0.2) is 6.29 Å². The summed E-state index contributed by atoms with van der Waals surface area (Å²) in [5, 5.41) is 12.4. The number of hydrogen-bond acceptors (Lipinski definition) is 5. The third-order valence-corrected chi connectivity index (χ3v) is 8.37. The van der Waals surface area contributed by atoms with Gasteiger partial charge in [-0.15, -0.1) is 11.8 Å². The van der Waals surface area contributed by atoms with Crippen LogP contribution in [-0.4, -0.2) is 22.9 Å². The lowest BCUT2D eigenvalue weighted by Gasteiger charge is -2.41. The van der Waals surface area contributed by atoms with Gasteiger partial charge in [0.2, 0.25) is 5.91 Å². The van der Waals surface area contributed by atoms with Crippen molar-refractivity contribution in [2.24, 2.45) is 5.92 Å². The van der Waals surface area contributed by atoms with E-state index in [-0.39, 0.29) is 30.6 Å². The lowest BCUT2D eigenvalue weighted by molar-refractivity contribution is -0.268. The number of nitrogens with one attached hydrogen (secondary N) is 1. The van der Waals surface area contributed by atoms with Crippen molar-refractivity contribution in [1.82, 2.24) is 5.32 Å². The number of thioether (sulfide) groups is 1. The van der Waals surface area contributed by atoms with E-state index in [4.69, 9.17) is 9.47 Å². The molecule has 40 heavy (non-hydrogen) atoms. The molecule has 0 unspecified atom stereocenters. The molecule has 2 N–H and O–H groups in total. The Kier molecular flexibility index (Phi) is 9.34. The minimum atomic E-state index is -0.500. The number of carbonyl (C=O) groups is 1. The molecule has 1 heterocycles. The average molecular weight is 554 g/mol. The van der Waals surface area contributed by atoms with Gasteiger partial charge in [0.1, 0.15) is 0 Å². The van der Waals surface area contributed by atoms with Crippen LogP contribution in [0.3, 0.4) is 0 Å². The molecule has 1 aliphatic rings. The van der Waals surface area contributed by atoms with Crippen molar-refractivity contribution < 1.29 is 19.4 Å². The molecule has 1 fully saturated rings. The van der Waals surface area contributed by atoms with Gasteiger partial charge in [-0.2, -0.15) is 0 Å². The summed E-state index contributed by atoms with van der Waals surface area (Å²) in [5.41, 5.74) is 6.17. The van der Waals surface area contributed by atoms with Crippen molar-refractivity contribution in [3.05, 3.63) is 125 Å². The lowest BCUT2D eigenvalue weighted by Crippen LogP contribution is -2.38. The first-order chi connectivity index (χ1) is 19.5. The van der Waals surface area contributed by atoms with Crippen LogP contribution in [0.5, 0.6) is 0 Å².